The van der Waals surface area contributed by atoms with Crippen LogP contribution in [-0.2, 0) is 11.3 Å². The minimum absolute atomic E-state index is 0.0461. The van der Waals surface area contributed by atoms with E-state index in [1.165, 1.54) is 6.07 Å². The van der Waals surface area contributed by atoms with Gasteiger partial charge in [-0.05, 0) is 14.1 Å². The second kappa shape index (κ2) is 6.58. The van der Waals surface area contributed by atoms with Gasteiger partial charge in [-0.25, -0.2) is 4.79 Å². The average molecular weight is 262 g/mol. The number of ether oxygens (including phenoxy) is 1. The second-order valence-corrected chi connectivity index (χ2v) is 4.24. The molecule has 6 nitrogen and oxygen atoms in total. The van der Waals surface area contributed by atoms with Gasteiger partial charge >= 0.3 is 5.69 Å². The summed E-state index contributed by atoms with van der Waals surface area (Å²) in [7, 11) is 3.88. The average Bonchev–Trinajstić information content (AvgIpc) is 2.20. The number of H-pyrrole nitrogens is 1. The molecule has 1 aromatic heterocycles. The van der Waals surface area contributed by atoms with Gasteiger partial charge in [0, 0.05) is 12.6 Å². The van der Waals surface area contributed by atoms with Crippen LogP contribution in [0.15, 0.2) is 15.7 Å². The van der Waals surface area contributed by atoms with E-state index in [1.54, 1.807) is 0 Å². The van der Waals surface area contributed by atoms with E-state index in [4.69, 9.17) is 16.3 Å². The van der Waals surface area contributed by atoms with Gasteiger partial charge in [-0.15, -0.1) is 0 Å². The third-order valence-corrected chi connectivity index (χ3v) is 2.33. The van der Waals surface area contributed by atoms with Crippen LogP contribution >= 0.6 is 11.6 Å². The van der Waals surface area contributed by atoms with Crippen molar-refractivity contribution < 1.29 is 4.74 Å². The van der Waals surface area contributed by atoms with Crippen molar-refractivity contribution in [2.45, 2.75) is 6.54 Å². The lowest BCUT2D eigenvalue weighted by atomic mass is 10.5. The van der Waals surface area contributed by atoms with Crippen LogP contribution in [0.2, 0.25) is 5.15 Å². The maximum absolute atomic E-state index is 11.4. The SMILES string of the molecule is CN(C)CCOCCn1c(=O)cc(Cl)[nH]c1=O. The van der Waals surface area contributed by atoms with Crippen LogP contribution < -0.4 is 11.2 Å². The molecule has 0 radical (unpaired) electrons. The molecule has 0 saturated heterocycles. The standard InChI is InChI=1S/C10H16ClN3O3/c1-13(2)3-5-17-6-4-14-9(15)7-8(11)12-10(14)16/h7H,3-6H2,1-2H3,(H,12,16). The van der Waals surface area contributed by atoms with Gasteiger partial charge in [-0.2, -0.15) is 0 Å². The first-order valence-electron chi connectivity index (χ1n) is 5.23. The summed E-state index contributed by atoms with van der Waals surface area (Å²) >= 11 is 5.54. The summed E-state index contributed by atoms with van der Waals surface area (Å²) in [6, 6.07) is 1.17. The van der Waals surface area contributed by atoms with Crippen LogP contribution in [0, 0.1) is 0 Å². The summed E-state index contributed by atoms with van der Waals surface area (Å²) in [6.07, 6.45) is 0. The Kier molecular flexibility index (Phi) is 5.40. The Labute approximate surface area is 104 Å². The van der Waals surface area contributed by atoms with Crippen LogP contribution in [-0.4, -0.2) is 48.3 Å². The maximum Gasteiger partial charge on any atom is 0.329 e. The van der Waals surface area contributed by atoms with Gasteiger partial charge in [0.05, 0.1) is 19.8 Å². The lowest BCUT2D eigenvalue weighted by Crippen LogP contribution is -2.35. The van der Waals surface area contributed by atoms with Gasteiger partial charge in [0.1, 0.15) is 5.15 Å². The Morgan fingerprint density at radius 1 is 1.41 bits per heavy atom. The molecule has 0 unspecified atom stereocenters. The highest BCUT2D eigenvalue weighted by atomic mass is 35.5. The maximum atomic E-state index is 11.4. The first-order chi connectivity index (χ1) is 8.00. The predicted molar refractivity (Wildman–Crippen MR) is 65.7 cm³/mol. The zero-order valence-corrected chi connectivity index (χ0v) is 10.7. The number of hydrogen-bond donors (Lipinski definition) is 1. The number of aromatic nitrogens is 2. The number of likely N-dealkylation sites (N-methyl/N-ethyl adjacent to an activating group) is 1. The molecule has 0 aromatic carbocycles. The third kappa shape index (κ3) is 4.72. The summed E-state index contributed by atoms with van der Waals surface area (Å²) in [5.74, 6) is 0. The van der Waals surface area contributed by atoms with Crippen molar-refractivity contribution in [1.82, 2.24) is 14.5 Å². The summed E-state index contributed by atoms with van der Waals surface area (Å²) in [6.45, 7) is 1.90. The molecule has 0 saturated carbocycles. The van der Waals surface area contributed by atoms with E-state index in [0.717, 1.165) is 11.1 Å². The van der Waals surface area contributed by atoms with Crippen molar-refractivity contribution in [1.29, 1.82) is 0 Å². The highest BCUT2D eigenvalue weighted by Gasteiger charge is 2.02. The summed E-state index contributed by atoms with van der Waals surface area (Å²) in [4.78, 5) is 27.2. The van der Waals surface area contributed by atoms with E-state index in [9.17, 15) is 9.59 Å². The van der Waals surface area contributed by atoms with E-state index in [2.05, 4.69) is 4.98 Å². The number of halogens is 1. The van der Waals surface area contributed by atoms with Gasteiger partial charge in [-0.1, -0.05) is 11.6 Å². The fraction of sp³-hybridized carbons (Fsp3) is 0.600. The molecule has 17 heavy (non-hydrogen) atoms. The number of nitrogens with zero attached hydrogens (tertiary/aromatic N) is 2. The fourth-order valence-corrected chi connectivity index (χ4v) is 1.38. The van der Waals surface area contributed by atoms with Gasteiger partial charge in [0.25, 0.3) is 5.56 Å². The Hall–Kier alpha value is -1.11. The van der Waals surface area contributed by atoms with Crippen molar-refractivity contribution in [2.24, 2.45) is 0 Å². The highest BCUT2D eigenvalue weighted by molar-refractivity contribution is 6.29. The molecule has 0 aliphatic rings. The third-order valence-electron chi connectivity index (χ3n) is 2.13. The van der Waals surface area contributed by atoms with Gasteiger partial charge in [-0.3, -0.25) is 14.3 Å². The number of rotatable bonds is 6. The zero-order chi connectivity index (χ0) is 12.8. The lowest BCUT2D eigenvalue weighted by molar-refractivity contribution is 0.109. The predicted octanol–water partition coefficient (Wildman–Crippen LogP) is -0.232. The van der Waals surface area contributed by atoms with Crippen LogP contribution in [0.4, 0.5) is 0 Å². The summed E-state index contributed by atoms with van der Waals surface area (Å²) in [5, 5.41) is 0.0461. The molecule has 0 bridgehead atoms. The first-order valence-corrected chi connectivity index (χ1v) is 5.60. The molecule has 0 amide bonds. The molecule has 0 spiro atoms. The van der Waals surface area contributed by atoms with Gasteiger partial charge < -0.3 is 9.64 Å². The summed E-state index contributed by atoms with van der Waals surface area (Å²) < 4.78 is 6.36. The van der Waals surface area contributed by atoms with E-state index in [1.807, 2.05) is 19.0 Å². The van der Waals surface area contributed by atoms with Gasteiger partial charge in [0.15, 0.2) is 0 Å². The molecule has 1 N–H and O–H groups in total. The molecule has 0 aliphatic carbocycles. The topological polar surface area (TPSA) is 67.3 Å². The number of aromatic amines is 1. The van der Waals surface area contributed by atoms with Crippen LogP contribution in [0.1, 0.15) is 0 Å². The van der Waals surface area contributed by atoms with Crippen molar-refractivity contribution in [3.63, 3.8) is 0 Å². The lowest BCUT2D eigenvalue weighted by Gasteiger charge is -2.10. The van der Waals surface area contributed by atoms with Crippen LogP contribution in [0.3, 0.4) is 0 Å². The number of hydrogen-bond acceptors (Lipinski definition) is 4. The smallest absolute Gasteiger partial charge is 0.329 e. The molecule has 0 aliphatic heterocycles. The molecule has 96 valence electrons. The minimum Gasteiger partial charge on any atom is -0.378 e. The molecule has 1 aromatic rings. The Balaban J connectivity index is 2.48. The quantitative estimate of drug-likeness (QED) is 0.567. The Morgan fingerprint density at radius 3 is 2.71 bits per heavy atom. The van der Waals surface area contributed by atoms with Gasteiger partial charge in [0.2, 0.25) is 0 Å². The van der Waals surface area contributed by atoms with E-state index in [-0.39, 0.29) is 11.7 Å². The Morgan fingerprint density at radius 2 is 2.12 bits per heavy atom. The molecule has 1 heterocycles. The zero-order valence-electron chi connectivity index (χ0n) is 9.90. The van der Waals surface area contributed by atoms with Crippen molar-refractivity contribution in [3.05, 3.63) is 32.1 Å². The van der Waals surface area contributed by atoms with Crippen molar-refractivity contribution in [2.75, 3.05) is 33.9 Å². The van der Waals surface area contributed by atoms with E-state index >= 15 is 0 Å². The monoisotopic (exact) mass is 261 g/mol. The van der Waals surface area contributed by atoms with Crippen molar-refractivity contribution >= 4 is 11.6 Å². The normalized spacial score (nSPS) is 11.1. The second-order valence-electron chi connectivity index (χ2n) is 3.83. The molecule has 1 rings (SSSR count). The van der Waals surface area contributed by atoms with Crippen LogP contribution in [0.5, 0.6) is 0 Å². The molecule has 0 fully saturated rings. The first kappa shape index (κ1) is 14.0. The van der Waals surface area contributed by atoms with E-state index < -0.39 is 11.2 Å². The molecule has 7 heteroatoms. The van der Waals surface area contributed by atoms with Crippen molar-refractivity contribution in [3.8, 4) is 0 Å². The largest absolute Gasteiger partial charge is 0.378 e. The minimum atomic E-state index is -0.515. The number of nitrogens with one attached hydrogen (secondary N) is 1. The van der Waals surface area contributed by atoms with E-state index in [0.29, 0.717) is 13.2 Å². The fourth-order valence-electron chi connectivity index (χ4n) is 1.21. The molecule has 0 atom stereocenters. The van der Waals surface area contributed by atoms with Crippen LogP contribution in [0.25, 0.3) is 0 Å². The summed E-state index contributed by atoms with van der Waals surface area (Å²) in [5.41, 5.74) is -0.936. The molecular weight excluding hydrogens is 246 g/mol. The Bertz CT molecular complexity index is 435. The molecular formula is C10H16ClN3O3. The highest BCUT2D eigenvalue weighted by Crippen LogP contribution is 1.93.